The van der Waals surface area contributed by atoms with Gasteiger partial charge in [-0.1, -0.05) is 71.9 Å². The third-order valence-corrected chi connectivity index (χ3v) is 17.2. The third kappa shape index (κ3) is 4.99. The first kappa shape index (κ1) is 27.5. The molecule has 3 aromatic rings. The van der Waals surface area contributed by atoms with Gasteiger partial charge in [0, 0.05) is 23.3 Å². The Labute approximate surface area is 224 Å². The smallest absolute Gasteiger partial charge is 0.250 e. The van der Waals surface area contributed by atoms with E-state index in [0.717, 1.165) is 17.1 Å². The number of benzene rings is 3. The predicted octanol–water partition coefficient (Wildman–Crippen LogP) is 8.84. The van der Waals surface area contributed by atoms with Crippen molar-refractivity contribution in [1.82, 2.24) is 0 Å². The Balaban J connectivity index is 1.83. The highest BCUT2D eigenvalue weighted by Gasteiger charge is 2.44. The highest BCUT2D eigenvalue weighted by Crippen LogP contribution is 2.52. The number of hydrogen-bond acceptors (Lipinski definition) is 4. The summed E-state index contributed by atoms with van der Waals surface area (Å²) in [5, 5.41) is 12.5. The van der Waals surface area contributed by atoms with Gasteiger partial charge < -0.3 is 18.7 Å². The van der Waals surface area contributed by atoms with Crippen molar-refractivity contribution < 1.29 is 18.7 Å². The van der Waals surface area contributed by atoms with Crippen molar-refractivity contribution in [2.24, 2.45) is 0 Å². The van der Waals surface area contributed by atoms with Crippen molar-refractivity contribution in [2.75, 3.05) is 0 Å². The van der Waals surface area contributed by atoms with Crippen molar-refractivity contribution >= 4 is 16.6 Å². The summed E-state index contributed by atoms with van der Waals surface area (Å²) >= 11 is 0. The average molecular weight is 535 g/mol. The van der Waals surface area contributed by atoms with Crippen LogP contribution >= 0.6 is 0 Å². The van der Waals surface area contributed by atoms with E-state index in [1.807, 2.05) is 66.7 Å². The van der Waals surface area contributed by atoms with E-state index < -0.39 is 22.2 Å². The zero-order valence-corrected chi connectivity index (χ0v) is 26.0. The fourth-order valence-electron chi connectivity index (χ4n) is 4.05. The molecule has 1 aliphatic rings. The second-order valence-corrected chi connectivity index (χ2v) is 22.7. The zero-order chi connectivity index (χ0) is 27.4. The van der Waals surface area contributed by atoms with Gasteiger partial charge in [-0.15, -0.1) is 0 Å². The third-order valence-electron chi connectivity index (χ3n) is 8.46. The molecule has 0 spiro atoms. The van der Waals surface area contributed by atoms with Crippen LogP contribution in [0.25, 0.3) is 0 Å². The highest BCUT2D eigenvalue weighted by atomic mass is 28.4. The largest absolute Gasteiger partial charge is 0.543 e. The van der Waals surface area contributed by atoms with Crippen LogP contribution in [0.3, 0.4) is 0 Å². The molecule has 4 nitrogen and oxygen atoms in total. The summed E-state index contributed by atoms with van der Waals surface area (Å²) < 4.78 is 19.6. The monoisotopic (exact) mass is 534 g/mol. The Kier molecular flexibility index (Phi) is 6.71. The van der Waals surface area contributed by atoms with E-state index in [9.17, 15) is 5.11 Å². The molecular weight excluding hydrogens is 493 g/mol. The van der Waals surface area contributed by atoms with Crippen molar-refractivity contribution in [1.29, 1.82) is 0 Å². The number of hydrogen-bond donors (Lipinski definition) is 1. The van der Waals surface area contributed by atoms with Crippen LogP contribution in [0.15, 0.2) is 66.7 Å². The van der Waals surface area contributed by atoms with Crippen LogP contribution < -0.4 is 13.6 Å². The Bertz CT molecular complexity index is 1210. The van der Waals surface area contributed by atoms with Gasteiger partial charge in [-0.05, 0) is 66.1 Å². The molecule has 0 atom stereocenters. The van der Waals surface area contributed by atoms with Crippen LogP contribution in [-0.4, -0.2) is 21.7 Å². The van der Waals surface area contributed by atoms with Gasteiger partial charge in [0.1, 0.15) is 28.6 Å². The molecule has 0 saturated carbocycles. The SMILES string of the molecule is CC(C)(C)[Si](C)(C)Oc1ccc2c(c1)Oc1cc(O[Si](C)(C)C(C)(C)C)ccc1C2(O)c1ccccc1. The van der Waals surface area contributed by atoms with Crippen LogP contribution in [0.4, 0.5) is 0 Å². The van der Waals surface area contributed by atoms with Gasteiger partial charge >= 0.3 is 0 Å². The molecule has 0 fully saturated rings. The summed E-state index contributed by atoms with van der Waals surface area (Å²) in [6.45, 7) is 22.3. The Morgan fingerprint density at radius 3 is 1.43 bits per heavy atom. The van der Waals surface area contributed by atoms with Gasteiger partial charge in [0.15, 0.2) is 0 Å². The van der Waals surface area contributed by atoms with E-state index in [1.54, 1.807) is 0 Å². The Morgan fingerprint density at radius 2 is 1.05 bits per heavy atom. The van der Waals surface area contributed by atoms with Crippen LogP contribution in [-0.2, 0) is 5.60 Å². The summed E-state index contributed by atoms with van der Waals surface area (Å²) in [7, 11) is -4.10. The molecule has 1 aliphatic heterocycles. The maximum absolute atomic E-state index is 12.4. The van der Waals surface area contributed by atoms with Gasteiger partial charge in [0.25, 0.3) is 0 Å². The van der Waals surface area contributed by atoms with Gasteiger partial charge in [-0.3, -0.25) is 0 Å². The first-order valence-corrected chi connectivity index (χ1v) is 18.9. The summed E-state index contributed by atoms with van der Waals surface area (Å²) in [5.41, 5.74) is 0.825. The molecule has 1 N–H and O–H groups in total. The summed E-state index contributed by atoms with van der Waals surface area (Å²) in [6, 6.07) is 21.4. The van der Waals surface area contributed by atoms with E-state index in [-0.39, 0.29) is 10.1 Å². The standard InChI is InChI=1S/C31H42O4Si2/c1-29(2,3)36(7,8)34-23-16-18-25-27(20-23)33-28-21-24(35-37(9,10)30(4,5)6)17-19-26(28)31(25,32)22-14-12-11-13-15-22/h11-21,32H,1-10H3. The minimum Gasteiger partial charge on any atom is -0.543 e. The summed E-state index contributed by atoms with van der Waals surface area (Å²) in [4.78, 5) is 0. The lowest BCUT2D eigenvalue weighted by atomic mass is 9.78. The molecule has 0 radical (unpaired) electrons. The fraction of sp³-hybridized carbons (Fsp3) is 0.419. The van der Waals surface area contributed by atoms with Crippen LogP contribution in [0, 0.1) is 0 Å². The number of rotatable bonds is 5. The first-order chi connectivity index (χ1) is 17.0. The van der Waals surface area contributed by atoms with Gasteiger partial charge in [-0.25, -0.2) is 0 Å². The van der Waals surface area contributed by atoms with Crippen molar-refractivity contribution in [3.63, 3.8) is 0 Å². The molecular formula is C31H42O4Si2. The summed E-state index contributed by atoms with van der Waals surface area (Å²) in [5.74, 6) is 2.72. The number of fused-ring (bicyclic) bond motifs is 2. The van der Waals surface area contributed by atoms with E-state index in [2.05, 4.69) is 67.7 Å². The van der Waals surface area contributed by atoms with Crippen LogP contribution in [0.2, 0.25) is 36.3 Å². The predicted molar refractivity (Wildman–Crippen MR) is 157 cm³/mol. The van der Waals surface area contributed by atoms with E-state index in [4.69, 9.17) is 13.6 Å². The highest BCUT2D eigenvalue weighted by molar-refractivity contribution is 6.75. The minimum atomic E-state index is -2.05. The fourth-order valence-corrected chi connectivity index (χ4v) is 6.09. The topological polar surface area (TPSA) is 47.9 Å². The van der Waals surface area contributed by atoms with Crippen LogP contribution in [0.1, 0.15) is 58.2 Å². The minimum absolute atomic E-state index is 0.0666. The quantitative estimate of drug-likeness (QED) is 0.332. The molecule has 6 heteroatoms. The molecule has 198 valence electrons. The molecule has 0 saturated heterocycles. The Hall–Kier alpha value is -2.55. The number of ether oxygens (including phenoxy) is 1. The van der Waals surface area contributed by atoms with Gasteiger partial charge in [0.2, 0.25) is 16.6 Å². The van der Waals surface area contributed by atoms with Crippen LogP contribution in [0.5, 0.6) is 23.0 Å². The lowest BCUT2D eigenvalue weighted by Gasteiger charge is -2.39. The Morgan fingerprint density at radius 1 is 0.649 bits per heavy atom. The maximum atomic E-state index is 12.4. The zero-order valence-electron chi connectivity index (χ0n) is 24.0. The normalized spacial score (nSPS) is 15.3. The molecule has 0 bridgehead atoms. The lowest BCUT2D eigenvalue weighted by Crippen LogP contribution is -2.44. The molecule has 1 heterocycles. The molecule has 3 aromatic carbocycles. The number of aliphatic hydroxyl groups is 1. The molecule has 0 aromatic heterocycles. The van der Waals surface area contributed by atoms with Crippen molar-refractivity contribution in [3.8, 4) is 23.0 Å². The van der Waals surface area contributed by atoms with Crippen molar-refractivity contribution in [2.45, 2.75) is 83.4 Å². The van der Waals surface area contributed by atoms with Gasteiger partial charge in [0.05, 0.1) is 0 Å². The molecule has 4 rings (SSSR count). The maximum Gasteiger partial charge on any atom is 0.250 e. The molecule has 0 aliphatic carbocycles. The molecule has 37 heavy (non-hydrogen) atoms. The average Bonchev–Trinajstić information content (AvgIpc) is 2.77. The van der Waals surface area contributed by atoms with E-state index in [1.165, 1.54) is 0 Å². The second-order valence-electron chi connectivity index (χ2n) is 13.2. The van der Waals surface area contributed by atoms with Gasteiger partial charge in [-0.2, -0.15) is 0 Å². The summed E-state index contributed by atoms with van der Waals surface area (Å²) in [6.07, 6.45) is 0. The lowest BCUT2D eigenvalue weighted by molar-refractivity contribution is 0.112. The van der Waals surface area contributed by atoms with Crippen molar-refractivity contribution in [3.05, 3.63) is 83.4 Å². The van der Waals surface area contributed by atoms with E-state index >= 15 is 0 Å². The molecule has 0 unspecified atom stereocenters. The molecule has 0 amide bonds. The second kappa shape index (κ2) is 9.03. The van der Waals surface area contributed by atoms with E-state index in [0.29, 0.717) is 22.6 Å². The first-order valence-electron chi connectivity index (χ1n) is 13.1.